The first kappa shape index (κ1) is 20.0. The average molecular weight is 369 g/mol. The second-order valence-electron chi connectivity index (χ2n) is 7.38. The Balaban J connectivity index is 1.88. The fourth-order valence-electron chi connectivity index (χ4n) is 3.02. The number of benzene rings is 1. The summed E-state index contributed by atoms with van der Waals surface area (Å²) in [6.07, 6.45) is -0.222. The number of ether oxygens (including phenoxy) is 2. The maximum Gasteiger partial charge on any atom is 0.260 e. The number of nitrogens with zero attached hydrogens (tertiary/aromatic N) is 1. The van der Waals surface area contributed by atoms with Crippen molar-refractivity contribution in [2.75, 3.05) is 19.6 Å². The summed E-state index contributed by atoms with van der Waals surface area (Å²) in [6.45, 7) is 12.4. The predicted octanol–water partition coefficient (Wildman–Crippen LogP) is 3.11. The molecule has 2 rings (SSSR count). The zero-order chi connectivity index (χ0) is 18.6. The molecule has 1 N–H and O–H groups in total. The van der Waals surface area contributed by atoms with E-state index < -0.39 is 6.10 Å². The number of para-hydroxylation sites is 1. The van der Waals surface area contributed by atoms with Gasteiger partial charge in [-0.1, -0.05) is 23.7 Å². The fraction of sp³-hybridized carbons (Fsp3) is 0.632. The third-order valence-electron chi connectivity index (χ3n) is 4.48. The first-order chi connectivity index (χ1) is 11.7. The fourth-order valence-corrected chi connectivity index (χ4v) is 3.20. The molecule has 6 heteroatoms. The normalized spacial score (nSPS) is 23.1. The number of hydrogen-bond acceptors (Lipinski definition) is 4. The van der Waals surface area contributed by atoms with Crippen molar-refractivity contribution in [3.05, 3.63) is 29.3 Å². The molecule has 1 aliphatic rings. The van der Waals surface area contributed by atoms with Crippen molar-refractivity contribution in [1.29, 1.82) is 0 Å². The van der Waals surface area contributed by atoms with Gasteiger partial charge in [-0.05, 0) is 46.8 Å². The highest BCUT2D eigenvalue weighted by atomic mass is 35.5. The van der Waals surface area contributed by atoms with Crippen LogP contribution >= 0.6 is 11.6 Å². The third kappa shape index (κ3) is 5.59. The van der Waals surface area contributed by atoms with Crippen molar-refractivity contribution in [2.45, 2.75) is 58.5 Å². The number of amides is 1. The van der Waals surface area contributed by atoms with E-state index >= 15 is 0 Å². The van der Waals surface area contributed by atoms with Crippen LogP contribution in [0, 0.1) is 0 Å². The number of carbonyl (C=O) groups is 1. The smallest absolute Gasteiger partial charge is 0.260 e. The van der Waals surface area contributed by atoms with Gasteiger partial charge in [0, 0.05) is 25.2 Å². The van der Waals surface area contributed by atoms with Crippen LogP contribution in [0.4, 0.5) is 0 Å². The van der Waals surface area contributed by atoms with Gasteiger partial charge in [0.2, 0.25) is 0 Å². The van der Waals surface area contributed by atoms with Crippen molar-refractivity contribution >= 4 is 17.5 Å². The number of hydrogen-bond donors (Lipinski definition) is 1. The first-order valence-electron chi connectivity index (χ1n) is 8.78. The lowest BCUT2D eigenvalue weighted by Gasteiger charge is -2.45. The van der Waals surface area contributed by atoms with Crippen molar-refractivity contribution < 1.29 is 14.3 Å². The highest BCUT2D eigenvalue weighted by Crippen LogP contribution is 2.24. The van der Waals surface area contributed by atoms with E-state index in [2.05, 4.69) is 37.9 Å². The van der Waals surface area contributed by atoms with Crippen LogP contribution in [-0.4, -0.2) is 54.3 Å². The van der Waals surface area contributed by atoms with Gasteiger partial charge in [0.05, 0.1) is 17.2 Å². The predicted molar refractivity (Wildman–Crippen MR) is 100 cm³/mol. The van der Waals surface area contributed by atoms with Gasteiger partial charge in [0.1, 0.15) is 5.75 Å². The molecule has 0 aliphatic carbocycles. The lowest BCUT2D eigenvalue weighted by molar-refractivity contribution is -0.128. The van der Waals surface area contributed by atoms with E-state index in [1.54, 1.807) is 19.1 Å². The van der Waals surface area contributed by atoms with E-state index in [9.17, 15) is 4.79 Å². The minimum Gasteiger partial charge on any atom is -0.479 e. The highest BCUT2D eigenvalue weighted by Gasteiger charge is 2.33. The van der Waals surface area contributed by atoms with Crippen LogP contribution in [0.25, 0.3) is 0 Å². The van der Waals surface area contributed by atoms with Crippen molar-refractivity contribution in [2.24, 2.45) is 0 Å². The molecule has 0 aromatic heterocycles. The Hall–Kier alpha value is -1.30. The standard InChI is InChI=1S/C19H29ClN2O3/c1-13-10-22(11-14(2)24-13)19(4,5)12-21-18(23)15(3)25-17-9-7-6-8-16(17)20/h6-9,13-15H,10-12H2,1-5H3,(H,21,23). The quantitative estimate of drug-likeness (QED) is 0.838. The van der Waals surface area contributed by atoms with Crippen molar-refractivity contribution in [1.82, 2.24) is 10.2 Å². The largest absolute Gasteiger partial charge is 0.479 e. The van der Waals surface area contributed by atoms with Gasteiger partial charge in [0.15, 0.2) is 6.10 Å². The molecule has 3 atom stereocenters. The molecule has 1 aliphatic heterocycles. The molecule has 1 amide bonds. The summed E-state index contributed by atoms with van der Waals surface area (Å²) in [5.74, 6) is 0.365. The molecule has 140 valence electrons. The Morgan fingerprint density at radius 3 is 2.56 bits per heavy atom. The Labute approximate surface area is 155 Å². The molecule has 0 bridgehead atoms. The topological polar surface area (TPSA) is 50.8 Å². The van der Waals surface area contributed by atoms with Gasteiger partial charge >= 0.3 is 0 Å². The molecule has 1 saturated heterocycles. The zero-order valence-electron chi connectivity index (χ0n) is 15.7. The minimum absolute atomic E-state index is 0.151. The summed E-state index contributed by atoms with van der Waals surface area (Å²) in [6, 6.07) is 7.15. The molecule has 1 fully saturated rings. The van der Waals surface area contributed by atoms with Crippen molar-refractivity contribution in [3.8, 4) is 5.75 Å². The molecule has 1 aromatic rings. The molecule has 0 saturated carbocycles. The molecule has 25 heavy (non-hydrogen) atoms. The first-order valence-corrected chi connectivity index (χ1v) is 9.16. The monoisotopic (exact) mass is 368 g/mol. The van der Waals surface area contributed by atoms with Crippen LogP contribution in [0.3, 0.4) is 0 Å². The van der Waals surface area contributed by atoms with Crippen molar-refractivity contribution in [3.63, 3.8) is 0 Å². The Morgan fingerprint density at radius 2 is 1.96 bits per heavy atom. The lowest BCUT2D eigenvalue weighted by Crippen LogP contribution is -2.59. The molecule has 5 nitrogen and oxygen atoms in total. The Morgan fingerprint density at radius 1 is 1.36 bits per heavy atom. The zero-order valence-corrected chi connectivity index (χ0v) is 16.5. The second kappa shape index (κ2) is 8.39. The Kier molecular flexibility index (Phi) is 6.72. The molecule has 3 unspecified atom stereocenters. The molecule has 1 heterocycles. The van der Waals surface area contributed by atoms with Gasteiger partial charge in [-0.15, -0.1) is 0 Å². The van der Waals surface area contributed by atoms with Crippen LogP contribution < -0.4 is 10.1 Å². The van der Waals surface area contributed by atoms with E-state index in [1.807, 2.05) is 12.1 Å². The highest BCUT2D eigenvalue weighted by molar-refractivity contribution is 6.32. The maximum absolute atomic E-state index is 12.4. The summed E-state index contributed by atoms with van der Waals surface area (Å²) in [7, 11) is 0. The summed E-state index contributed by atoms with van der Waals surface area (Å²) < 4.78 is 11.5. The van der Waals surface area contributed by atoms with Crippen LogP contribution in [0.2, 0.25) is 5.02 Å². The average Bonchev–Trinajstić information content (AvgIpc) is 2.54. The molecular weight excluding hydrogens is 340 g/mol. The second-order valence-corrected chi connectivity index (χ2v) is 7.79. The number of halogens is 1. The summed E-state index contributed by atoms with van der Waals surface area (Å²) in [4.78, 5) is 14.8. The van der Waals surface area contributed by atoms with E-state index in [0.717, 1.165) is 13.1 Å². The van der Waals surface area contributed by atoms with Gasteiger partial charge in [0.25, 0.3) is 5.91 Å². The van der Waals surface area contributed by atoms with E-state index in [1.165, 1.54) is 0 Å². The Bertz CT molecular complexity index is 584. The van der Waals surface area contributed by atoms with Gasteiger partial charge in [-0.2, -0.15) is 0 Å². The molecule has 0 radical (unpaired) electrons. The summed E-state index contributed by atoms with van der Waals surface area (Å²) in [5.41, 5.74) is -0.161. The maximum atomic E-state index is 12.4. The third-order valence-corrected chi connectivity index (χ3v) is 4.79. The lowest BCUT2D eigenvalue weighted by atomic mass is 10.00. The minimum atomic E-state index is -0.613. The van der Waals surface area contributed by atoms with Crippen LogP contribution in [0.5, 0.6) is 5.75 Å². The van der Waals surface area contributed by atoms with Crippen LogP contribution in [-0.2, 0) is 9.53 Å². The van der Waals surface area contributed by atoms with Gasteiger partial charge in [-0.25, -0.2) is 0 Å². The molecular formula is C19H29ClN2O3. The van der Waals surface area contributed by atoms with E-state index in [-0.39, 0.29) is 23.7 Å². The molecule has 0 spiro atoms. The number of rotatable bonds is 6. The SMILES string of the molecule is CC1CN(C(C)(C)CNC(=O)C(C)Oc2ccccc2Cl)CC(C)O1. The van der Waals surface area contributed by atoms with Gasteiger partial charge in [-0.3, -0.25) is 9.69 Å². The number of carbonyl (C=O) groups excluding carboxylic acids is 1. The summed E-state index contributed by atoms with van der Waals surface area (Å²) in [5, 5.41) is 3.50. The molecule has 1 aromatic carbocycles. The number of morpholine rings is 1. The van der Waals surface area contributed by atoms with Crippen LogP contribution in [0.1, 0.15) is 34.6 Å². The van der Waals surface area contributed by atoms with E-state index in [4.69, 9.17) is 21.1 Å². The van der Waals surface area contributed by atoms with E-state index in [0.29, 0.717) is 17.3 Å². The summed E-state index contributed by atoms with van der Waals surface area (Å²) >= 11 is 6.08. The number of nitrogens with one attached hydrogen (secondary N) is 1. The van der Waals surface area contributed by atoms with Gasteiger partial charge < -0.3 is 14.8 Å². The van der Waals surface area contributed by atoms with Crippen LogP contribution in [0.15, 0.2) is 24.3 Å².